The Balaban J connectivity index is 0.000000637. The quantitative estimate of drug-likeness (QED) is 0.0612. The Morgan fingerprint density at radius 2 is 1.11 bits per heavy atom. The predicted octanol–water partition coefficient (Wildman–Crippen LogP) is 14.6. The van der Waals surface area contributed by atoms with Crippen LogP contribution in [0.25, 0.3) is 0 Å². The molecule has 2 aliphatic carbocycles. The molecule has 0 aromatic heterocycles. The van der Waals surface area contributed by atoms with Gasteiger partial charge in [0.05, 0.1) is 6.04 Å². The van der Waals surface area contributed by atoms with Crippen LogP contribution in [0.15, 0.2) is 84.9 Å². The number of nitrogens with zero attached hydrogens (tertiary/aromatic N) is 3. The molecule has 90 heavy (non-hydrogen) atoms. The number of aliphatic hydroxyl groups is 3. The fraction of sp³-hybridized carbons (Fsp3) is 0.567. The van der Waals surface area contributed by atoms with Crippen molar-refractivity contribution in [3.63, 3.8) is 0 Å². The molecule has 5 atom stereocenters. The van der Waals surface area contributed by atoms with E-state index < -0.39 is 94.3 Å². The summed E-state index contributed by atoms with van der Waals surface area (Å²) in [7, 11) is 0. The van der Waals surface area contributed by atoms with Crippen LogP contribution in [0.2, 0.25) is 0 Å². The molecule has 23 heteroatoms. The number of carbonyl (C=O) groups is 5. The molecule has 4 amide bonds. The second kappa shape index (κ2) is 32.0. The second-order valence-corrected chi connectivity index (χ2v) is 25.4. The first kappa shape index (κ1) is 81.3. The van der Waals surface area contributed by atoms with E-state index in [1.165, 1.54) is 34.1 Å². The summed E-state index contributed by atoms with van der Waals surface area (Å²) in [6.45, 7) is 20.8. The third-order valence-corrected chi connectivity index (χ3v) is 14.7. The van der Waals surface area contributed by atoms with Gasteiger partial charge in [0.2, 0.25) is 5.91 Å². The van der Waals surface area contributed by atoms with Crippen molar-refractivity contribution in [3.05, 3.63) is 141 Å². The van der Waals surface area contributed by atoms with E-state index in [2.05, 4.69) is 5.32 Å². The van der Waals surface area contributed by atoms with Crippen molar-refractivity contribution in [2.45, 2.75) is 222 Å². The number of alkyl halides is 6. The maximum atomic E-state index is 14.6. The van der Waals surface area contributed by atoms with Gasteiger partial charge in [-0.25, -0.2) is 18.4 Å². The van der Waals surface area contributed by atoms with Crippen molar-refractivity contribution in [1.29, 1.82) is 0 Å². The fourth-order valence-electron chi connectivity index (χ4n) is 10.4. The zero-order valence-corrected chi connectivity index (χ0v) is 50.4. The standard InChI is InChI=1S/C25H26F4N2O4.C17H24F3NO2.C11H14FN.C10H17NO4.4CH4/c1-14-7-10-18(19(26)12-14)21(15-8-9-15)30-22(32)20-6-3-11-31(20)23(33)16-4-2-5-17(13-16)24(34,35)25(27,28)29;1-15(2,3)21(16(4,5)6)14(23)12-9-7-8-11(10-12)13(22)17(18,19)20;1-7-2-5-9(10(12)6-7)11(13)8-3-4-8;1-10(2,3)15-9(14)11-6-4-5-7(11)8(12)13;;;;/h2,4-5,7,10,12-13,15,20-21,34-35H,3,6,8-9,11H2,1H3,(H,30,32);7-10,13,22H,1-6H3;2,5-6,8,11H,3-4,13H2,1H3;7H,4-6H2,1-3H3,(H,12,13);4*1H4/t20-,21-;;11-;7-;;;;/m1.11..../s1. The van der Waals surface area contributed by atoms with Gasteiger partial charge in [0.1, 0.15) is 29.3 Å². The average molecular weight is 1280 g/mol. The zero-order valence-electron chi connectivity index (χ0n) is 50.4. The second-order valence-electron chi connectivity index (χ2n) is 25.4. The Hall–Kier alpha value is -6.69. The Morgan fingerprint density at radius 1 is 0.633 bits per heavy atom. The van der Waals surface area contributed by atoms with Crippen molar-refractivity contribution in [1.82, 2.24) is 20.0 Å². The van der Waals surface area contributed by atoms with Gasteiger partial charge in [-0.05, 0) is 192 Å². The van der Waals surface area contributed by atoms with E-state index >= 15 is 0 Å². The molecule has 0 radical (unpaired) electrons. The van der Waals surface area contributed by atoms with Gasteiger partial charge in [0, 0.05) is 58.0 Å². The summed E-state index contributed by atoms with van der Waals surface area (Å²) in [5, 5.41) is 40.2. The number of carboxylic acid groups (broad SMARTS) is 1. The number of ether oxygens (including phenoxy) is 1. The summed E-state index contributed by atoms with van der Waals surface area (Å²) in [5.74, 6) is -6.59. The van der Waals surface area contributed by atoms with E-state index in [1.807, 2.05) is 60.6 Å². The van der Waals surface area contributed by atoms with Crippen LogP contribution in [0.5, 0.6) is 0 Å². The van der Waals surface area contributed by atoms with Crippen molar-refractivity contribution in [2.75, 3.05) is 13.1 Å². The van der Waals surface area contributed by atoms with Gasteiger partial charge >= 0.3 is 24.4 Å². The number of nitrogens with one attached hydrogen (secondary N) is 1. The number of aryl methyl sites for hydroxylation is 2. The van der Waals surface area contributed by atoms with Gasteiger partial charge in [-0.15, -0.1) is 0 Å². The number of likely N-dealkylation sites (tertiary alicyclic amines) is 2. The molecule has 2 heterocycles. The Labute approximate surface area is 526 Å². The first-order valence-electron chi connectivity index (χ1n) is 28.5. The number of nitrogens with two attached hydrogens (primary N) is 1. The molecule has 1 unspecified atom stereocenters. The highest BCUT2D eigenvalue weighted by Crippen LogP contribution is 2.43. The normalized spacial score (nSPS) is 17.6. The van der Waals surface area contributed by atoms with Crippen LogP contribution >= 0.6 is 0 Å². The molecule has 4 aliphatic rings. The molecule has 2 aliphatic heterocycles. The number of halogens is 8. The highest BCUT2D eigenvalue weighted by atomic mass is 19.4. The summed E-state index contributed by atoms with van der Waals surface area (Å²) in [6.07, 6.45) is -7.23. The van der Waals surface area contributed by atoms with Crippen molar-refractivity contribution < 1.29 is 84.3 Å². The topological polar surface area (TPSA) is 223 Å². The van der Waals surface area contributed by atoms with E-state index in [0.29, 0.717) is 42.9 Å². The van der Waals surface area contributed by atoms with Gasteiger partial charge < -0.3 is 46.0 Å². The van der Waals surface area contributed by atoms with E-state index in [9.17, 15) is 74.4 Å². The number of carbonyl (C=O) groups excluding carboxylic acids is 4. The molecule has 4 aromatic carbocycles. The number of rotatable bonds is 11. The summed E-state index contributed by atoms with van der Waals surface area (Å²) in [6, 6.07) is 16.9. The van der Waals surface area contributed by atoms with Crippen LogP contribution < -0.4 is 11.1 Å². The third-order valence-electron chi connectivity index (χ3n) is 14.7. The Kier molecular flexibility index (Phi) is 29.0. The monoisotopic (exact) mass is 1280 g/mol. The molecule has 0 spiro atoms. The SMILES string of the molecule is C.C.C.C.CC(C)(C)N(C(=O)c1cccc(C(O)C(F)(F)F)c1)C(C)(C)C.CC(C)(C)OC(=O)N1CCC[C@@H]1C(=O)O.Cc1ccc([C@H](N)C2CC2)c(F)c1.Cc1ccc([C@H](NC(=O)[C@H]2CCCN2C(=O)c2cccc(C(O)(O)C(F)(F)F)c2)C2CC2)c(F)c1. The van der Waals surface area contributed by atoms with E-state index in [1.54, 1.807) is 50.8 Å². The molecule has 7 N–H and O–H groups in total. The zero-order chi connectivity index (χ0) is 64.8. The molecule has 0 bridgehead atoms. The van der Waals surface area contributed by atoms with Crippen molar-refractivity contribution in [2.24, 2.45) is 17.6 Å². The molecule has 4 aromatic rings. The maximum Gasteiger partial charge on any atom is 0.447 e. The number of benzene rings is 4. The summed E-state index contributed by atoms with van der Waals surface area (Å²) >= 11 is 0. The fourth-order valence-corrected chi connectivity index (χ4v) is 10.4. The van der Waals surface area contributed by atoms with Crippen LogP contribution in [0.4, 0.5) is 39.9 Å². The highest BCUT2D eigenvalue weighted by Gasteiger charge is 2.54. The Morgan fingerprint density at radius 3 is 1.57 bits per heavy atom. The lowest BCUT2D eigenvalue weighted by molar-refractivity contribution is -0.358. The van der Waals surface area contributed by atoms with Crippen LogP contribution in [-0.4, -0.2) is 119 Å². The first-order valence-corrected chi connectivity index (χ1v) is 28.5. The van der Waals surface area contributed by atoms with Crippen molar-refractivity contribution >= 4 is 29.8 Å². The number of hydrogen-bond acceptors (Lipinski definition) is 10. The van der Waals surface area contributed by atoms with E-state index in [4.69, 9.17) is 15.6 Å². The van der Waals surface area contributed by atoms with Crippen LogP contribution in [0.3, 0.4) is 0 Å². The maximum absolute atomic E-state index is 14.6. The number of hydrogen-bond donors (Lipinski definition) is 6. The molecular weight excluding hydrogens is 1190 g/mol. The average Bonchev–Trinajstić information content (AvgIpc) is 0.935. The highest BCUT2D eigenvalue weighted by molar-refractivity contribution is 5.98. The lowest BCUT2D eigenvalue weighted by Gasteiger charge is -2.45. The number of aliphatic carboxylic acids is 1. The van der Waals surface area contributed by atoms with Crippen LogP contribution in [-0.2, 0) is 20.1 Å². The van der Waals surface area contributed by atoms with Gasteiger partial charge in [0.25, 0.3) is 17.6 Å². The van der Waals surface area contributed by atoms with Crippen LogP contribution in [0.1, 0.15) is 216 Å². The lowest BCUT2D eigenvalue weighted by atomic mass is 9.94. The van der Waals surface area contributed by atoms with Gasteiger partial charge in [-0.3, -0.25) is 19.3 Å². The third kappa shape index (κ3) is 21.7. The van der Waals surface area contributed by atoms with E-state index in [-0.39, 0.29) is 76.6 Å². The summed E-state index contributed by atoms with van der Waals surface area (Å²) in [5.41, 5.74) is 5.74. The molecule has 8 rings (SSSR count). The van der Waals surface area contributed by atoms with Gasteiger partial charge in [-0.2, -0.15) is 26.3 Å². The molecule has 506 valence electrons. The van der Waals surface area contributed by atoms with Gasteiger partial charge in [-0.1, -0.05) is 78.2 Å². The lowest BCUT2D eigenvalue weighted by Crippen LogP contribution is -2.55. The number of aliphatic hydroxyl groups excluding tert-OH is 1. The molecule has 4 fully saturated rings. The van der Waals surface area contributed by atoms with Gasteiger partial charge in [0.15, 0.2) is 6.10 Å². The minimum atomic E-state index is -5.37. The molecule has 2 saturated carbocycles. The number of carboxylic acids is 1. The minimum Gasteiger partial charge on any atom is -0.480 e. The number of amides is 4. The van der Waals surface area contributed by atoms with E-state index in [0.717, 1.165) is 73.6 Å². The minimum absolute atomic E-state index is 0. The molecule has 2 saturated heterocycles. The smallest absolute Gasteiger partial charge is 0.447 e. The van der Waals surface area contributed by atoms with Crippen molar-refractivity contribution in [3.8, 4) is 0 Å². The largest absolute Gasteiger partial charge is 0.480 e. The molecular formula is C67H97F8N5O10. The summed E-state index contributed by atoms with van der Waals surface area (Å²) in [4.78, 5) is 65.8. The molecule has 15 nitrogen and oxygen atoms in total. The first-order chi connectivity index (χ1) is 39.5. The summed E-state index contributed by atoms with van der Waals surface area (Å²) < 4.78 is 110. The Bertz CT molecular complexity index is 3020. The van der Waals surface area contributed by atoms with Crippen LogP contribution in [0, 0.1) is 37.3 Å². The predicted molar refractivity (Wildman–Crippen MR) is 332 cm³/mol.